The van der Waals surface area contributed by atoms with E-state index in [2.05, 4.69) is 11.8 Å². The predicted molar refractivity (Wildman–Crippen MR) is 85.4 cm³/mol. The van der Waals surface area contributed by atoms with Crippen LogP contribution in [0.1, 0.15) is 37.1 Å². The number of hydrogen-bond donors (Lipinski definition) is 1. The number of rotatable bonds is 5. The van der Waals surface area contributed by atoms with Gasteiger partial charge in [0.1, 0.15) is 5.82 Å². The smallest absolute Gasteiger partial charge is 0.127 e. The molecule has 2 aromatic rings. The third-order valence-corrected chi connectivity index (χ3v) is 4.31. The molecule has 2 aromatic carbocycles. The Kier molecular flexibility index (Phi) is 5.10. The fraction of sp³-hybridized carbons (Fsp3) is 0.333. The molecule has 0 bridgehead atoms. The second kappa shape index (κ2) is 6.83. The van der Waals surface area contributed by atoms with E-state index in [1.807, 2.05) is 56.4 Å². The molecule has 0 heterocycles. The van der Waals surface area contributed by atoms with Crippen LogP contribution in [0.3, 0.4) is 0 Å². The summed E-state index contributed by atoms with van der Waals surface area (Å²) < 4.78 is 13.9. The number of likely N-dealkylation sites (N-methyl/N-ethyl adjacent to an activating group) is 1. The second-order valence-electron chi connectivity index (χ2n) is 5.54. The minimum atomic E-state index is -0.169. The minimum Gasteiger partial charge on any atom is -0.323 e. The Labute approximate surface area is 126 Å². The number of hydrogen-bond acceptors (Lipinski definition) is 2. The Morgan fingerprint density at radius 2 is 1.52 bits per heavy atom. The Morgan fingerprint density at radius 3 is 2.14 bits per heavy atom. The zero-order chi connectivity index (χ0) is 15.4. The van der Waals surface area contributed by atoms with E-state index in [0.717, 1.165) is 5.56 Å². The van der Waals surface area contributed by atoms with Crippen LogP contribution in [0.25, 0.3) is 0 Å². The van der Waals surface area contributed by atoms with Gasteiger partial charge in [-0.3, -0.25) is 4.90 Å². The number of halogens is 1. The van der Waals surface area contributed by atoms with Crippen LogP contribution in [-0.2, 0) is 0 Å². The molecule has 2 N–H and O–H groups in total. The van der Waals surface area contributed by atoms with Crippen molar-refractivity contribution in [1.29, 1.82) is 0 Å². The van der Waals surface area contributed by atoms with E-state index in [9.17, 15) is 4.39 Å². The predicted octanol–water partition coefficient (Wildman–Crippen LogP) is 3.91. The van der Waals surface area contributed by atoms with E-state index >= 15 is 0 Å². The van der Waals surface area contributed by atoms with Gasteiger partial charge in [-0.2, -0.15) is 0 Å². The topological polar surface area (TPSA) is 29.3 Å². The first-order valence-corrected chi connectivity index (χ1v) is 7.29. The molecular weight excluding hydrogens is 263 g/mol. The van der Waals surface area contributed by atoms with Crippen LogP contribution in [0.5, 0.6) is 0 Å². The molecule has 2 nitrogen and oxygen atoms in total. The maximum Gasteiger partial charge on any atom is 0.127 e. The summed E-state index contributed by atoms with van der Waals surface area (Å²) in [6.45, 7) is 4.08. The van der Waals surface area contributed by atoms with E-state index in [4.69, 9.17) is 5.73 Å². The molecule has 0 saturated heterocycles. The fourth-order valence-electron chi connectivity index (χ4n) is 2.59. The number of nitrogens with two attached hydrogens (primary N) is 1. The van der Waals surface area contributed by atoms with Gasteiger partial charge in [0.25, 0.3) is 0 Å². The van der Waals surface area contributed by atoms with Gasteiger partial charge < -0.3 is 5.73 Å². The Morgan fingerprint density at radius 1 is 0.952 bits per heavy atom. The Balaban J connectivity index is 2.15. The monoisotopic (exact) mass is 286 g/mol. The highest BCUT2D eigenvalue weighted by Crippen LogP contribution is 2.27. The molecule has 0 aliphatic heterocycles. The van der Waals surface area contributed by atoms with Gasteiger partial charge in [0.2, 0.25) is 0 Å². The molecule has 0 aliphatic carbocycles. The van der Waals surface area contributed by atoms with Crippen LogP contribution in [0.2, 0.25) is 0 Å². The molecular formula is C18H23FN2. The molecule has 0 saturated carbocycles. The lowest BCUT2D eigenvalue weighted by Crippen LogP contribution is -2.40. The van der Waals surface area contributed by atoms with Gasteiger partial charge >= 0.3 is 0 Å². The lowest BCUT2D eigenvalue weighted by atomic mass is 9.97. The molecule has 0 fully saturated rings. The summed E-state index contributed by atoms with van der Waals surface area (Å²) in [6.07, 6.45) is 0. The van der Waals surface area contributed by atoms with Crippen molar-refractivity contribution in [1.82, 2.24) is 4.90 Å². The van der Waals surface area contributed by atoms with Crippen LogP contribution in [0.4, 0.5) is 4.39 Å². The molecule has 0 radical (unpaired) electrons. The van der Waals surface area contributed by atoms with Crippen molar-refractivity contribution >= 4 is 0 Å². The van der Waals surface area contributed by atoms with Gasteiger partial charge in [-0.1, -0.05) is 48.5 Å². The lowest BCUT2D eigenvalue weighted by molar-refractivity contribution is 0.170. The summed E-state index contributed by atoms with van der Waals surface area (Å²) in [6, 6.07) is 16.9. The van der Waals surface area contributed by atoms with Gasteiger partial charge in [-0.25, -0.2) is 4.39 Å². The van der Waals surface area contributed by atoms with E-state index in [1.54, 1.807) is 6.07 Å². The van der Waals surface area contributed by atoms with Crippen LogP contribution in [-0.4, -0.2) is 18.0 Å². The van der Waals surface area contributed by atoms with Crippen molar-refractivity contribution in [3.63, 3.8) is 0 Å². The fourth-order valence-corrected chi connectivity index (χ4v) is 2.59. The largest absolute Gasteiger partial charge is 0.323 e. The van der Waals surface area contributed by atoms with E-state index in [-0.39, 0.29) is 23.9 Å². The van der Waals surface area contributed by atoms with Gasteiger partial charge in [-0.05, 0) is 32.5 Å². The molecule has 0 aliphatic rings. The van der Waals surface area contributed by atoms with Crippen LogP contribution >= 0.6 is 0 Å². The van der Waals surface area contributed by atoms with E-state index in [0.29, 0.717) is 5.56 Å². The molecule has 2 rings (SSSR count). The van der Waals surface area contributed by atoms with Gasteiger partial charge in [-0.15, -0.1) is 0 Å². The highest BCUT2D eigenvalue weighted by atomic mass is 19.1. The average Bonchev–Trinajstić information content (AvgIpc) is 2.53. The van der Waals surface area contributed by atoms with Gasteiger partial charge in [0.15, 0.2) is 0 Å². The summed E-state index contributed by atoms with van der Waals surface area (Å²) in [5.41, 5.74) is 8.15. The van der Waals surface area contributed by atoms with Crippen molar-refractivity contribution in [3.05, 3.63) is 71.5 Å². The molecule has 0 aromatic heterocycles. The van der Waals surface area contributed by atoms with Crippen molar-refractivity contribution in [2.45, 2.75) is 32.0 Å². The SMILES string of the molecule is CC(c1ccccc1F)N(C)C(C)C(N)c1ccccc1. The quantitative estimate of drug-likeness (QED) is 0.903. The van der Waals surface area contributed by atoms with E-state index in [1.165, 1.54) is 6.07 Å². The molecule has 0 amide bonds. The molecule has 3 unspecified atom stereocenters. The maximum absolute atomic E-state index is 13.9. The van der Waals surface area contributed by atoms with Crippen LogP contribution in [0.15, 0.2) is 54.6 Å². The van der Waals surface area contributed by atoms with Crippen molar-refractivity contribution in [2.75, 3.05) is 7.05 Å². The zero-order valence-electron chi connectivity index (χ0n) is 12.8. The molecule has 3 heteroatoms. The summed E-state index contributed by atoms with van der Waals surface area (Å²) >= 11 is 0. The zero-order valence-corrected chi connectivity index (χ0v) is 12.8. The lowest BCUT2D eigenvalue weighted by Gasteiger charge is -2.35. The normalized spacial score (nSPS) is 15.7. The van der Waals surface area contributed by atoms with Gasteiger partial charge in [0.05, 0.1) is 0 Å². The third kappa shape index (κ3) is 3.49. The van der Waals surface area contributed by atoms with Crippen LogP contribution < -0.4 is 5.73 Å². The van der Waals surface area contributed by atoms with Crippen molar-refractivity contribution < 1.29 is 4.39 Å². The highest BCUT2D eigenvalue weighted by molar-refractivity contribution is 5.23. The first kappa shape index (κ1) is 15.7. The first-order chi connectivity index (χ1) is 10.0. The summed E-state index contributed by atoms with van der Waals surface area (Å²) in [7, 11) is 1.99. The summed E-state index contributed by atoms with van der Waals surface area (Å²) in [5, 5.41) is 0. The van der Waals surface area contributed by atoms with Crippen molar-refractivity contribution in [3.8, 4) is 0 Å². The number of nitrogens with zero attached hydrogens (tertiary/aromatic N) is 1. The second-order valence-corrected chi connectivity index (χ2v) is 5.54. The van der Waals surface area contributed by atoms with Crippen LogP contribution in [0, 0.1) is 5.82 Å². The summed E-state index contributed by atoms with van der Waals surface area (Å²) in [4.78, 5) is 2.12. The standard InChI is InChI=1S/C18H23FN2/c1-13(16-11-7-8-12-17(16)19)21(3)14(2)18(20)15-9-5-4-6-10-15/h4-14,18H,20H2,1-3H3. The highest BCUT2D eigenvalue weighted by Gasteiger charge is 2.24. The first-order valence-electron chi connectivity index (χ1n) is 7.29. The van der Waals surface area contributed by atoms with E-state index < -0.39 is 0 Å². The molecule has 3 atom stereocenters. The van der Waals surface area contributed by atoms with Gasteiger partial charge in [0, 0.05) is 23.7 Å². The number of benzene rings is 2. The average molecular weight is 286 g/mol. The third-order valence-electron chi connectivity index (χ3n) is 4.31. The minimum absolute atomic E-state index is 0.0315. The summed E-state index contributed by atoms with van der Waals surface area (Å²) in [5.74, 6) is -0.169. The Bertz CT molecular complexity index is 570. The van der Waals surface area contributed by atoms with Crippen molar-refractivity contribution in [2.24, 2.45) is 5.73 Å². The Hall–Kier alpha value is -1.71. The molecule has 21 heavy (non-hydrogen) atoms. The maximum atomic E-state index is 13.9. The molecule has 112 valence electrons. The molecule has 0 spiro atoms.